The summed E-state index contributed by atoms with van der Waals surface area (Å²) in [6.45, 7) is 4.65. The van der Waals surface area contributed by atoms with Crippen LogP contribution in [0.5, 0.6) is 23.0 Å². The quantitative estimate of drug-likeness (QED) is 0.257. The van der Waals surface area contributed by atoms with Crippen molar-refractivity contribution in [3.63, 3.8) is 0 Å². The van der Waals surface area contributed by atoms with Crippen molar-refractivity contribution >= 4 is 28.6 Å². The monoisotopic (exact) mass is 523 g/mol. The Bertz CT molecular complexity index is 1440. The number of ether oxygens (including phenoxy) is 4. The summed E-state index contributed by atoms with van der Waals surface area (Å²) < 4.78 is 24.5. The van der Waals surface area contributed by atoms with Crippen molar-refractivity contribution in [3.8, 4) is 34.1 Å². The molecular formula is C27H29N3O6S. The van der Waals surface area contributed by atoms with Crippen molar-refractivity contribution in [2.45, 2.75) is 24.8 Å². The van der Waals surface area contributed by atoms with Crippen molar-refractivity contribution in [1.29, 1.82) is 0 Å². The van der Waals surface area contributed by atoms with E-state index >= 15 is 0 Å². The van der Waals surface area contributed by atoms with Gasteiger partial charge < -0.3 is 28.6 Å². The van der Waals surface area contributed by atoms with Gasteiger partial charge in [-0.2, -0.15) is 0 Å². The number of aromatic nitrogens is 3. The number of fused-ring (bicyclic) bond motifs is 1. The largest absolute Gasteiger partial charge is 0.493 e. The summed E-state index contributed by atoms with van der Waals surface area (Å²) in [6, 6.07) is 8.94. The lowest BCUT2D eigenvalue weighted by molar-refractivity contribution is 0.0696. The fourth-order valence-electron chi connectivity index (χ4n) is 4.11. The van der Waals surface area contributed by atoms with Crippen LogP contribution in [0.1, 0.15) is 29.9 Å². The predicted octanol–water partition coefficient (Wildman–Crippen LogP) is 5.44. The molecule has 0 spiro atoms. The molecule has 1 N–H and O–H groups in total. The Labute approximate surface area is 219 Å². The van der Waals surface area contributed by atoms with Crippen molar-refractivity contribution in [2.24, 2.45) is 7.05 Å². The van der Waals surface area contributed by atoms with Crippen molar-refractivity contribution in [1.82, 2.24) is 14.5 Å². The summed E-state index contributed by atoms with van der Waals surface area (Å²) in [5.41, 5.74) is 2.28. The number of rotatable bonds is 11. The molecule has 0 saturated heterocycles. The van der Waals surface area contributed by atoms with E-state index in [2.05, 4.69) is 4.98 Å². The molecule has 0 saturated carbocycles. The second kappa shape index (κ2) is 11.4. The first-order valence-electron chi connectivity index (χ1n) is 11.7. The molecule has 4 rings (SSSR count). The van der Waals surface area contributed by atoms with Gasteiger partial charge in [0.15, 0.2) is 28.2 Å². The molecule has 2 aromatic heterocycles. The van der Waals surface area contributed by atoms with Crippen LogP contribution in [0.4, 0.5) is 0 Å². The van der Waals surface area contributed by atoms with E-state index in [4.69, 9.17) is 23.9 Å². The molecule has 0 bridgehead atoms. The third kappa shape index (κ3) is 5.29. The number of carbonyl (C=O) groups is 1. The molecule has 0 fully saturated rings. The van der Waals surface area contributed by atoms with E-state index in [-0.39, 0.29) is 5.56 Å². The van der Waals surface area contributed by atoms with Gasteiger partial charge in [0.05, 0.1) is 44.2 Å². The van der Waals surface area contributed by atoms with E-state index in [1.807, 2.05) is 37.7 Å². The molecule has 0 amide bonds. The molecule has 37 heavy (non-hydrogen) atoms. The van der Waals surface area contributed by atoms with Crippen LogP contribution in [-0.2, 0) is 12.8 Å². The molecule has 2 aromatic carbocycles. The molecule has 10 heteroatoms. The number of aryl methyl sites for hydroxylation is 1. The number of carboxylic acid groups (broad SMARTS) is 1. The van der Waals surface area contributed by atoms with E-state index in [9.17, 15) is 9.90 Å². The molecular weight excluding hydrogens is 494 g/mol. The van der Waals surface area contributed by atoms with Gasteiger partial charge in [-0.15, -0.1) is 0 Å². The number of hydrogen-bond donors (Lipinski definition) is 1. The van der Waals surface area contributed by atoms with Crippen LogP contribution in [0.3, 0.4) is 0 Å². The minimum Gasteiger partial charge on any atom is -0.493 e. The lowest BCUT2D eigenvalue weighted by atomic mass is 9.93. The number of carboxylic acids is 1. The highest BCUT2D eigenvalue weighted by atomic mass is 32.2. The molecule has 9 nitrogen and oxygen atoms in total. The Morgan fingerprint density at radius 2 is 1.70 bits per heavy atom. The lowest BCUT2D eigenvalue weighted by Gasteiger charge is -2.18. The van der Waals surface area contributed by atoms with E-state index in [1.54, 1.807) is 44.7 Å². The normalized spacial score (nSPS) is 10.9. The van der Waals surface area contributed by atoms with Gasteiger partial charge >= 0.3 is 5.97 Å². The van der Waals surface area contributed by atoms with E-state index in [0.717, 1.165) is 5.16 Å². The average molecular weight is 524 g/mol. The van der Waals surface area contributed by atoms with Crippen molar-refractivity contribution in [2.75, 3.05) is 27.4 Å². The highest BCUT2D eigenvalue weighted by Gasteiger charge is 2.25. The van der Waals surface area contributed by atoms with Crippen LogP contribution in [-0.4, -0.2) is 53.0 Å². The standard InChI is InChI=1S/C27H29N3O6S/c1-6-35-22-13-17-18(14-23(22)36-7-2)29-19(15-37-27-28-10-11-30(27)3)25(26(31)32)24(17)16-8-9-20(33-4)21(12-16)34-5/h8-14H,6-7,15H2,1-5H3,(H,31,32). The van der Waals surface area contributed by atoms with Gasteiger partial charge in [0.2, 0.25) is 0 Å². The summed E-state index contributed by atoms with van der Waals surface area (Å²) in [5, 5.41) is 11.8. The Balaban J connectivity index is 2.02. The maximum absolute atomic E-state index is 12.8. The Morgan fingerprint density at radius 1 is 1.00 bits per heavy atom. The molecule has 4 aromatic rings. The van der Waals surface area contributed by atoms with Crippen LogP contribution >= 0.6 is 11.8 Å². The zero-order valence-corrected chi connectivity index (χ0v) is 22.2. The zero-order chi connectivity index (χ0) is 26.5. The predicted molar refractivity (Wildman–Crippen MR) is 142 cm³/mol. The van der Waals surface area contributed by atoms with Gasteiger partial charge in [-0.1, -0.05) is 17.8 Å². The third-order valence-corrected chi connectivity index (χ3v) is 6.80. The number of nitrogens with zero attached hydrogens (tertiary/aromatic N) is 3. The number of hydrogen-bond acceptors (Lipinski definition) is 8. The molecule has 0 aliphatic rings. The molecule has 0 aliphatic carbocycles. The van der Waals surface area contributed by atoms with E-state index < -0.39 is 5.97 Å². The van der Waals surface area contributed by atoms with E-state index in [1.165, 1.54) is 11.8 Å². The molecule has 0 unspecified atom stereocenters. The van der Waals surface area contributed by atoms with Gasteiger partial charge in [0.1, 0.15) is 0 Å². The van der Waals surface area contributed by atoms with Crippen molar-refractivity contribution < 1.29 is 28.8 Å². The molecule has 0 aliphatic heterocycles. The number of benzene rings is 2. The lowest BCUT2D eigenvalue weighted by Crippen LogP contribution is -2.09. The molecule has 0 atom stereocenters. The SMILES string of the molecule is CCOc1cc2nc(CSc3nccn3C)c(C(=O)O)c(-c3ccc(OC)c(OC)c3)c2cc1OCC. The fraction of sp³-hybridized carbons (Fsp3) is 0.296. The minimum absolute atomic E-state index is 0.105. The summed E-state index contributed by atoms with van der Waals surface area (Å²) in [6.07, 6.45) is 3.54. The number of imidazole rings is 1. The highest BCUT2D eigenvalue weighted by Crippen LogP contribution is 2.42. The summed E-state index contributed by atoms with van der Waals surface area (Å²) >= 11 is 1.42. The van der Waals surface area contributed by atoms with Crippen molar-refractivity contribution in [3.05, 3.63) is 54.0 Å². The third-order valence-electron chi connectivity index (χ3n) is 5.73. The highest BCUT2D eigenvalue weighted by molar-refractivity contribution is 7.98. The van der Waals surface area contributed by atoms with E-state index in [0.29, 0.717) is 69.7 Å². The molecule has 0 radical (unpaired) electrons. The first kappa shape index (κ1) is 26.2. The second-order valence-corrected chi connectivity index (χ2v) is 8.92. The number of thioether (sulfide) groups is 1. The average Bonchev–Trinajstić information content (AvgIpc) is 3.31. The topological polar surface area (TPSA) is 105 Å². The maximum atomic E-state index is 12.8. The Morgan fingerprint density at radius 3 is 2.30 bits per heavy atom. The van der Waals surface area contributed by atoms with Crippen LogP contribution in [0.2, 0.25) is 0 Å². The van der Waals surface area contributed by atoms with Gasteiger partial charge in [-0.05, 0) is 37.6 Å². The van der Waals surface area contributed by atoms with Crippen LogP contribution in [0.25, 0.3) is 22.0 Å². The second-order valence-electron chi connectivity index (χ2n) is 7.97. The summed E-state index contributed by atoms with van der Waals surface area (Å²) in [5.74, 6) is 1.32. The Kier molecular flexibility index (Phi) is 8.08. The molecule has 2 heterocycles. The van der Waals surface area contributed by atoms with Crippen LogP contribution in [0.15, 0.2) is 47.9 Å². The number of aromatic carboxylic acids is 1. The van der Waals surface area contributed by atoms with Gasteiger partial charge in [0.25, 0.3) is 0 Å². The molecule has 194 valence electrons. The van der Waals surface area contributed by atoms with Gasteiger partial charge in [-0.3, -0.25) is 4.98 Å². The fourth-order valence-corrected chi connectivity index (χ4v) is 4.98. The minimum atomic E-state index is -1.08. The Hall–Kier alpha value is -3.92. The summed E-state index contributed by atoms with van der Waals surface area (Å²) in [7, 11) is 4.99. The van der Waals surface area contributed by atoms with Crippen LogP contribution in [0, 0.1) is 0 Å². The summed E-state index contributed by atoms with van der Waals surface area (Å²) in [4.78, 5) is 21.9. The number of methoxy groups -OCH3 is 2. The van der Waals surface area contributed by atoms with Gasteiger partial charge in [0, 0.05) is 42.2 Å². The maximum Gasteiger partial charge on any atom is 0.338 e. The van der Waals surface area contributed by atoms with Crippen LogP contribution < -0.4 is 18.9 Å². The van der Waals surface area contributed by atoms with Gasteiger partial charge in [-0.25, -0.2) is 9.78 Å². The smallest absolute Gasteiger partial charge is 0.338 e. The zero-order valence-electron chi connectivity index (χ0n) is 21.4. The first-order valence-corrected chi connectivity index (χ1v) is 12.7. The first-order chi connectivity index (χ1) is 17.9. The number of pyridine rings is 1.